The summed E-state index contributed by atoms with van der Waals surface area (Å²) in [5, 5.41) is 8.29. The van der Waals surface area contributed by atoms with Crippen molar-refractivity contribution in [3.05, 3.63) is 89.7 Å². The molecule has 0 fully saturated rings. The van der Waals surface area contributed by atoms with E-state index in [1.807, 2.05) is 0 Å². The monoisotopic (exact) mass is 543 g/mol. The van der Waals surface area contributed by atoms with Gasteiger partial charge in [0, 0.05) is 17.7 Å². The third-order valence-corrected chi connectivity index (χ3v) is 6.71. The van der Waals surface area contributed by atoms with E-state index >= 15 is 0 Å². The van der Waals surface area contributed by atoms with Gasteiger partial charge in [0.1, 0.15) is 35.2 Å². The van der Waals surface area contributed by atoms with Gasteiger partial charge in [-0.1, -0.05) is 24.3 Å². The number of carboxylic acids is 1. The molecule has 4 aromatic rings. The molecule has 0 aliphatic rings. The van der Waals surface area contributed by atoms with E-state index in [-0.39, 0.29) is 29.7 Å². The maximum atomic E-state index is 14.0. The Bertz CT molecular complexity index is 1560. The number of thiol groups is 1. The molecule has 0 bridgehead atoms. The first-order valence-corrected chi connectivity index (χ1v) is 12.7. The van der Waals surface area contributed by atoms with Gasteiger partial charge in [-0.15, -0.1) is 0 Å². The van der Waals surface area contributed by atoms with E-state index in [4.69, 9.17) is 14.3 Å². The van der Waals surface area contributed by atoms with Crippen LogP contribution in [-0.4, -0.2) is 48.6 Å². The van der Waals surface area contributed by atoms with Crippen molar-refractivity contribution in [1.29, 1.82) is 0 Å². The lowest BCUT2D eigenvalue weighted by atomic mass is 10.0. The summed E-state index contributed by atoms with van der Waals surface area (Å²) < 4.78 is 61.6. The molecule has 198 valence electrons. The summed E-state index contributed by atoms with van der Waals surface area (Å²) in [5.74, 6) is -3.35. The fourth-order valence-corrected chi connectivity index (χ4v) is 4.26. The number of ether oxygens (including phenoxy) is 1. The van der Waals surface area contributed by atoms with Crippen LogP contribution in [0, 0.1) is 11.6 Å². The molecule has 0 aliphatic carbocycles. The summed E-state index contributed by atoms with van der Waals surface area (Å²) in [6.07, 6.45) is 1.29. The van der Waals surface area contributed by atoms with Crippen LogP contribution >= 0.6 is 0 Å². The number of benzene rings is 3. The first-order chi connectivity index (χ1) is 18.1. The summed E-state index contributed by atoms with van der Waals surface area (Å²) in [6.45, 7) is 0.587. The molecule has 8 nitrogen and oxygen atoms in total. The van der Waals surface area contributed by atoms with Gasteiger partial charge in [0.2, 0.25) is 0 Å². The van der Waals surface area contributed by atoms with Crippen molar-refractivity contribution in [3.8, 4) is 16.9 Å². The standard InChI is InChI=1S/C27H23F2NO7S/c1-16(38(34)35)13-30(14-24(31)32)27(33)19-4-2-3-17(11-19)15-37-20-7-5-18(6-8-20)22-12-23(28)25(29)21-9-10-36-26(21)22/h2-12,16,38H,13-15H2,1H3,(H,31,32). The molecular weight excluding hydrogens is 520 g/mol. The van der Waals surface area contributed by atoms with Gasteiger partial charge < -0.3 is 19.2 Å². The fraction of sp³-hybridized carbons (Fsp3) is 0.185. The van der Waals surface area contributed by atoms with Crippen LogP contribution in [0.2, 0.25) is 0 Å². The molecule has 4 rings (SSSR count). The average Bonchev–Trinajstić information content (AvgIpc) is 3.39. The molecule has 0 spiro atoms. The average molecular weight is 544 g/mol. The second-order valence-electron chi connectivity index (χ2n) is 8.61. The van der Waals surface area contributed by atoms with E-state index < -0.39 is 46.0 Å². The van der Waals surface area contributed by atoms with Crippen molar-refractivity contribution >= 4 is 33.5 Å². The predicted molar refractivity (Wildman–Crippen MR) is 136 cm³/mol. The van der Waals surface area contributed by atoms with Gasteiger partial charge in [-0.25, -0.2) is 17.2 Å². The number of aliphatic carboxylic acids is 1. The van der Waals surface area contributed by atoms with Crippen molar-refractivity contribution < 1.29 is 41.0 Å². The second kappa shape index (κ2) is 11.4. The summed E-state index contributed by atoms with van der Waals surface area (Å²) in [5.41, 5.74) is 2.03. The van der Waals surface area contributed by atoms with E-state index in [1.54, 1.807) is 42.5 Å². The Balaban J connectivity index is 1.47. The largest absolute Gasteiger partial charge is 0.489 e. The summed E-state index contributed by atoms with van der Waals surface area (Å²) in [4.78, 5) is 25.1. The zero-order chi connectivity index (χ0) is 27.4. The lowest BCUT2D eigenvalue weighted by Crippen LogP contribution is -2.40. The Morgan fingerprint density at radius 3 is 2.50 bits per heavy atom. The van der Waals surface area contributed by atoms with Gasteiger partial charge in [-0.05, 0) is 54.4 Å². The van der Waals surface area contributed by atoms with Gasteiger partial charge in [0.05, 0.1) is 16.9 Å². The molecule has 1 aromatic heterocycles. The molecule has 3 aromatic carbocycles. The number of nitrogens with zero attached hydrogens (tertiary/aromatic N) is 1. The Hall–Kier alpha value is -4.25. The lowest BCUT2D eigenvalue weighted by molar-refractivity contribution is -0.137. The minimum absolute atomic E-state index is 0.0491. The third-order valence-electron chi connectivity index (χ3n) is 5.83. The Morgan fingerprint density at radius 1 is 1.08 bits per heavy atom. The highest BCUT2D eigenvalue weighted by molar-refractivity contribution is 7.73. The molecule has 11 heteroatoms. The zero-order valence-corrected chi connectivity index (χ0v) is 21.0. The molecule has 1 atom stereocenters. The predicted octanol–water partition coefficient (Wildman–Crippen LogP) is 4.48. The van der Waals surface area contributed by atoms with Crippen molar-refractivity contribution in [2.75, 3.05) is 13.1 Å². The number of hydrogen-bond acceptors (Lipinski definition) is 6. The number of amides is 1. The van der Waals surface area contributed by atoms with Gasteiger partial charge >= 0.3 is 5.97 Å². The van der Waals surface area contributed by atoms with Crippen LogP contribution in [0.1, 0.15) is 22.8 Å². The quantitative estimate of drug-likeness (QED) is 0.284. The van der Waals surface area contributed by atoms with Gasteiger partial charge in [-0.2, -0.15) is 0 Å². The third kappa shape index (κ3) is 6.00. The van der Waals surface area contributed by atoms with Crippen LogP contribution in [0.5, 0.6) is 5.75 Å². The lowest BCUT2D eigenvalue weighted by Gasteiger charge is -2.22. The number of carboxylic acid groups (broad SMARTS) is 1. The second-order valence-corrected chi connectivity index (χ2v) is 10.1. The molecule has 0 aliphatic heterocycles. The number of carbonyl (C=O) groups is 2. The number of hydrogen-bond donors (Lipinski definition) is 2. The van der Waals surface area contributed by atoms with E-state index in [9.17, 15) is 26.8 Å². The molecule has 1 heterocycles. The van der Waals surface area contributed by atoms with E-state index in [1.165, 1.54) is 25.3 Å². The Labute approximate surface area is 218 Å². The minimum atomic E-state index is -2.82. The van der Waals surface area contributed by atoms with Gasteiger partial charge in [0.25, 0.3) is 5.91 Å². The van der Waals surface area contributed by atoms with Crippen LogP contribution in [0.4, 0.5) is 8.78 Å². The highest BCUT2D eigenvalue weighted by Crippen LogP contribution is 2.33. The van der Waals surface area contributed by atoms with Crippen molar-refractivity contribution in [1.82, 2.24) is 4.90 Å². The minimum Gasteiger partial charge on any atom is -0.489 e. The number of fused-ring (bicyclic) bond motifs is 1. The SMILES string of the molecule is CC(CN(CC(=O)O)C(=O)c1cccc(COc2ccc(-c3cc(F)c(F)c4ccoc34)cc2)c1)[SH](=O)=O. The number of furan rings is 1. The maximum absolute atomic E-state index is 14.0. The highest BCUT2D eigenvalue weighted by atomic mass is 32.2. The van der Waals surface area contributed by atoms with Crippen LogP contribution in [0.25, 0.3) is 22.1 Å². The van der Waals surface area contributed by atoms with Crippen molar-refractivity contribution in [2.45, 2.75) is 18.8 Å². The molecule has 1 unspecified atom stereocenters. The number of rotatable bonds is 10. The molecule has 0 saturated carbocycles. The molecular formula is C27H23F2NO7S. The molecule has 1 N–H and O–H groups in total. The van der Waals surface area contributed by atoms with E-state index in [2.05, 4.69) is 0 Å². The molecule has 1 amide bonds. The zero-order valence-electron chi connectivity index (χ0n) is 20.1. The van der Waals surface area contributed by atoms with Crippen LogP contribution < -0.4 is 4.74 Å². The number of carbonyl (C=O) groups excluding carboxylic acids is 1. The van der Waals surface area contributed by atoms with Crippen LogP contribution in [0.3, 0.4) is 0 Å². The Kier molecular flexibility index (Phi) is 8.06. The number of halogens is 2. The smallest absolute Gasteiger partial charge is 0.323 e. The molecule has 0 saturated heterocycles. The molecule has 0 radical (unpaired) electrons. The molecule has 38 heavy (non-hydrogen) atoms. The topological polar surface area (TPSA) is 114 Å². The first kappa shape index (κ1) is 26.8. The van der Waals surface area contributed by atoms with Gasteiger partial charge in [0.15, 0.2) is 11.6 Å². The summed E-state index contributed by atoms with van der Waals surface area (Å²) >= 11 is 0. The fourth-order valence-electron chi connectivity index (χ4n) is 3.93. The maximum Gasteiger partial charge on any atom is 0.323 e. The van der Waals surface area contributed by atoms with Gasteiger partial charge in [-0.3, -0.25) is 9.59 Å². The Morgan fingerprint density at radius 2 is 1.82 bits per heavy atom. The summed E-state index contributed by atoms with van der Waals surface area (Å²) in [6, 6.07) is 15.5. The van der Waals surface area contributed by atoms with Crippen molar-refractivity contribution in [3.63, 3.8) is 0 Å². The summed E-state index contributed by atoms with van der Waals surface area (Å²) in [7, 11) is -2.82. The normalized spacial score (nSPS) is 12.0. The van der Waals surface area contributed by atoms with E-state index in [0.717, 1.165) is 11.0 Å². The highest BCUT2D eigenvalue weighted by Gasteiger charge is 2.22. The van der Waals surface area contributed by atoms with Crippen LogP contribution in [0.15, 0.2) is 71.3 Å². The van der Waals surface area contributed by atoms with Crippen molar-refractivity contribution in [2.24, 2.45) is 0 Å². The first-order valence-electron chi connectivity index (χ1n) is 11.5. The van der Waals surface area contributed by atoms with Crippen LogP contribution in [-0.2, 0) is 22.1 Å². The van der Waals surface area contributed by atoms with E-state index in [0.29, 0.717) is 22.4 Å².